The fourth-order valence-electron chi connectivity index (χ4n) is 1.84. The quantitative estimate of drug-likeness (QED) is 0.619. The van der Waals surface area contributed by atoms with Gasteiger partial charge in [0, 0.05) is 18.2 Å². The highest BCUT2D eigenvalue weighted by Gasteiger charge is 2.25. The first-order valence-electron chi connectivity index (χ1n) is 6.06. The minimum Gasteiger partial charge on any atom is -0.481 e. The van der Waals surface area contributed by atoms with E-state index in [0.29, 0.717) is 5.69 Å². The molecule has 0 unspecified atom stereocenters. The third-order valence-corrected chi connectivity index (χ3v) is 3.00. The van der Waals surface area contributed by atoms with Crippen LogP contribution in [0.5, 0.6) is 0 Å². The molecule has 7 nitrogen and oxygen atoms in total. The SMILES string of the molecule is CC(C)(CC(=O)O)CC(=O)Nc1ccc([N+](=O)[O-])c(Cl)c1. The average Bonchev–Trinajstić information content (AvgIpc) is 2.24. The van der Waals surface area contributed by atoms with E-state index in [4.69, 9.17) is 16.7 Å². The number of anilines is 1. The van der Waals surface area contributed by atoms with Gasteiger partial charge < -0.3 is 10.4 Å². The maximum Gasteiger partial charge on any atom is 0.303 e. The van der Waals surface area contributed by atoms with Gasteiger partial charge in [-0.15, -0.1) is 0 Å². The molecule has 2 N–H and O–H groups in total. The lowest BCUT2D eigenvalue weighted by Crippen LogP contribution is -2.24. The minimum atomic E-state index is -0.980. The van der Waals surface area contributed by atoms with E-state index in [1.54, 1.807) is 13.8 Å². The maximum absolute atomic E-state index is 11.9. The van der Waals surface area contributed by atoms with Crippen molar-refractivity contribution in [2.75, 3.05) is 5.32 Å². The molecule has 0 bridgehead atoms. The third kappa shape index (κ3) is 5.39. The Morgan fingerprint density at radius 3 is 2.48 bits per heavy atom. The fraction of sp³-hybridized carbons (Fsp3) is 0.385. The Bertz CT molecular complexity index is 586. The van der Waals surface area contributed by atoms with E-state index < -0.39 is 16.3 Å². The van der Waals surface area contributed by atoms with E-state index in [9.17, 15) is 19.7 Å². The molecule has 1 aromatic rings. The van der Waals surface area contributed by atoms with Crippen molar-refractivity contribution in [1.29, 1.82) is 0 Å². The first-order valence-corrected chi connectivity index (χ1v) is 6.44. The van der Waals surface area contributed by atoms with Crippen LogP contribution in [0.15, 0.2) is 18.2 Å². The Balaban J connectivity index is 2.73. The molecule has 8 heteroatoms. The van der Waals surface area contributed by atoms with Crippen molar-refractivity contribution in [3.8, 4) is 0 Å². The van der Waals surface area contributed by atoms with E-state index >= 15 is 0 Å². The molecule has 0 atom stereocenters. The number of carbonyl (C=O) groups is 2. The van der Waals surface area contributed by atoms with Gasteiger partial charge >= 0.3 is 5.97 Å². The minimum absolute atomic E-state index is 0.00784. The van der Waals surface area contributed by atoms with Crippen LogP contribution in [0.3, 0.4) is 0 Å². The van der Waals surface area contributed by atoms with Crippen LogP contribution in [0.1, 0.15) is 26.7 Å². The van der Waals surface area contributed by atoms with Gasteiger partial charge in [0.05, 0.1) is 11.3 Å². The zero-order chi connectivity index (χ0) is 16.2. The molecule has 0 saturated carbocycles. The highest BCUT2D eigenvalue weighted by Crippen LogP contribution is 2.29. The molecule has 0 aliphatic rings. The topological polar surface area (TPSA) is 110 Å². The van der Waals surface area contributed by atoms with Gasteiger partial charge in [-0.1, -0.05) is 25.4 Å². The molecule has 21 heavy (non-hydrogen) atoms. The van der Waals surface area contributed by atoms with Gasteiger partial charge in [0.1, 0.15) is 5.02 Å². The van der Waals surface area contributed by atoms with Crippen molar-refractivity contribution in [1.82, 2.24) is 0 Å². The predicted octanol–water partition coefficient (Wildman–Crippen LogP) is 3.08. The van der Waals surface area contributed by atoms with Crippen LogP contribution in [-0.4, -0.2) is 21.9 Å². The van der Waals surface area contributed by atoms with E-state index in [2.05, 4.69) is 5.32 Å². The number of hydrogen-bond acceptors (Lipinski definition) is 4. The number of rotatable bonds is 6. The summed E-state index contributed by atoms with van der Waals surface area (Å²) in [6, 6.07) is 3.84. The molecule has 0 heterocycles. The second-order valence-corrected chi connectivity index (χ2v) is 5.79. The standard InChI is InChI=1S/C13H15ClN2O5/c1-13(2,7-12(18)19)6-11(17)15-8-3-4-10(16(20)21)9(14)5-8/h3-5H,6-7H2,1-2H3,(H,15,17)(H,18,19). The zero-order valence-corrected chi connectivity index (χ0v) is 12.3. The number of nitrogens with zero attached hydrogens (tertiary/aromatic N) is 1. The van der Waals surface area contributed by atoms with Gasteiger partial charge in [-0.05, 0) is 17.5 Å². The summed E-state index contributed by atoms with van der Waals surface area (Å²) >= 11 is 5.74. The van der Waals surface area contributed by atoms with Crippen LogP contribution in [0.4, 0.5) is 11.4 Å². The summed E-state index contributed by atoms with van der Waals surface area (Å²) in [6.45, 7) is 3.34. The number of hydrogen-bond donors (Lipinski definition) is 2. The van der Waals surface area contributed by atoms with Crippen LogP contribution in [0.25, 0.3) is 0 Å². The van der Waals surface area contributed by atoms with Gasteiger partial charge in [-0.25, -0.2) is 0 Å². The number of nitro groups is 1. The molecule has 0 saturated heterocycles. The molecule has 114 valence electrons. The summed E-state index contributed by atoms with van der Waals surface area (Å²) in [5.74, 6) is -1.36. The molecule has 1 amide bonds. The Morgan fingerprint density at radius 1 is 1.38 bits per heavy atom. The Hall–Kier alpha value is -2.15. The monoisotopic (exact) mass is 314 g/mol. The van der Waals surface area contributed by atoms with Crippen LogP contribution in [-0.2, 0) is 9.59 Å². The average molecular weight is 315 g/mol. The normalized spacial score (nSPS) is 11.0. The van der Waals surface area contributed by atoms with Crippen LogP contribution >= 0.6 is 11.6 Å². The summed E-state index contributed by atoms with van der Waals surface area (Å²) in [4.78, 5) is 32.5. The van der Waals surface area contributed by atoms with E-state index in [-0.39, 0.29) is 29.5 Å². The van der Waals surface area contributed by atoms with Gasteiger partial charge in [0.2, 0.25) is 5.91 Å². The lowest BCUT2D eigenvalue weighted by atomic mass is 9.85. The van der Waals surface area contributed by atoms with E-state index in [1.807, 2.05) is 0 Å². The lowest BCUT2D eigenvalue weighted by Gasteiger charge is -2.21. The first-order chi connectivity index (χ1) is 9.60. The Kier molecular flexibility index (Phi) is 5.26. The van der Waals surface area contributed by atoms with Gasteiger partial charge in [0.15, 0.2) is 0 Å². The van der Waals surface area contributed by atoms with Gasteiger partial charge in [0.25, 0.3) is 5.69 Å². The maximum atomic E-state index is 11.9. The number of amides is 1. The number of nitro benzene ring substituents is 1. The summed E-state index contributed by atoms with van der Waals surface area (Å²) in [5.41, 5.74) is -0.622. The van der Waals surface area contributed by atoms with Gasteiger partial charge in [-0.2, -0.15) is 0 Å². The molecule has 0 aromatic heterocycles. The number of aliphatic carboxylic acids is 1. The lowest BCUT2D eigenvalue weighted by molar-refractivity contribution is -0.384. The smallest absolute Gasteiger partial charge is 0.303 e. The molecule has 0 spiro atoms. The zero-order valence-electron chi connectivity index (χ0n) is 11.6. The fourth-order valence-corrected chi connectivity index (χ4v) is 2.09. The largest absolute Gasteiger partial charge is 0.481 e. The summed E-state index contributed by atoms with van der Waals surface area (Å²) in [5, 5.41) is 21.8. The summed E-state index contributed by atoms with van der Waals surface area (Å²) in [6.07, 6.45) is -0.130. The predicted molar refractivity (Wildman–Crippen MR) is 77.4 cm³/mol. The van der Waals surface area contributed by atoms with Crippen LogP contribution < -0.4 is 5.32 Å². The number of nitrogens with one attached hydrogen (secondary N) is 1. The van der Waals surface area contributed by atoms with Gasteiger partial charge in [-0.3, -0.25) is 19.7 Å². The molecule has 0 aliphatic heterocycles. The van der Waals surface area contributed by atoms with E-state index in [1.165, 1.54) is 18.2 Å². The van der Waals surface area contributed by atoms with Crippen molar-refractivity contribution in [2.24, 2.45) is 5.41 Å². The van der Waals surface area contributed by atoms with Crippen molar-refractivity contribution in [3.05, 3.63) is 33.3 Å². The highest BCUT2D eigenvalue weighted by atomic mass is 35.5. The molecular weight excluding hydrogens is 300 g/mol. The number of benzene rings is 1. The van der Waals surface area contributed by atoms with Crippen molar-refractivity contribution < 1.29 is 19.6 Å². The second-order valence-electron chi connectivity index (χ2n) is 5.38. The molecule has 0 aliphatic carbocycles. The molecule has 1 rings (SSSR count). The third-order valence-electron chi connectivity index (χ3n) is 2.70. The number of carboxylic acids is 1. The molecule has 0 fully saturated rings. The number of carboxylic acid groups (broad SMARTS) is 1. The Morgan fingerprint density at radius 2 is 2.00 bits per heavy atom. The van der Waals surface area contributed by atoms with Crippen molar-refractivity contribution in [3.63, 3.8) is 0 Å². The number of carbonyl (C=O) groups excluding carboxylic acids is 1. The van der Waals surface area contributed by atoms with Crippen molar-refractivity contribution in [2.45, 2.75) is 26.7 Å². The van der Waals surface area contributed by atoms with E-state index in [0.717, 1.165) is 0 Å². The highest BCUT2D eigenvalue weighted by molar-refractivity contribution is 6.33. The number of halogens is 1. The Labute approximate surface area is 126 Å². The summed E-state index contributed by atoms with van der Waals surface area (Å²) in [7, 11) is 0. The first kappa shape index (κ1) is 16.9. The van der Waals surface area contributed by atoms with Crippen LogP contribution in [0.2, 0.25) is 5.02 Å². The molecule has 1 aromatic carbocycles. The molecular formula is C13H15ClN2O5. The summed E-state index contributed by atoms with van der Waals surface area (Å²) < 4.78 is 0. The molecule has 0 radical (unpaired) electrons. The van der Waals surface area contributed by atoms with Crippen LogP contribution in [0, 0.1) is 15.5 Å². The second kappa shape index (κ2) is 6.53. The van der Waals surface area contributed by atoms with Crippen molar-refractivity contribution >= 4 is 34.9 Å².